The van der Waals surface area contributed by atoms with E-state index >= 15 is 0 Å². The van der Waals surface area contributed by atoms with Gasteiger partial charge in [0, 0.05) is 15.9 Å². The van der Waals surface area contributed by atoms with Gasteiger partial charge in [-0.05, 0) is 43.4 Å². The first-order valence-electron chi connectivity index (χ1n) is 6.55. The molecule has 0 bridgehead atoms. The first-order chi connectivity index (χ1) is 8.56. The number of hydrogen-bond acceptors (Lipinski definition) is 1. The van der Waals surface area contributed by atoms with Crippen LogP contribution in [0, 0.1) is 12.8 Å². The van der Waals surface area contributed by atoms with Crippen LogP contribution in [0.5, 0.6) is 0 Å². The Morgan fingerprint density at radius 3 is 2.67 bits per heavy atom. The van der Waals surface area contributed by atoms with E-state index in [1.165, 1.54) is 17.4 Å². The zero-order valence-electron chi connectivity index (χ0n) is 11.3. The van der Waals surface area contributed by atoms with Crippen molar-refractivity contribution in [1.29, 1.82) is 0 Å². The molecule has 0 aliphatic carbocycles. The largest absolute Gasteiger partial charge is 0.253 e. The van der Waals surface area contributed by atoms with Crippen LogP contribution < -0.4 is 0 Å². The fraction of sp³-hybridized carbons (Fsp3) is 0.438. The molecule has 18 heavy (non-hydrogen) atoms. The highest BCUT2D eigenvalue weighted by atomic mass is 79.9. The van der Waals surface area contributed by atoms with Crippen LogP contribution in [0.2, 0.25) is 0 Å². The lowest BCUT2D eigenvalue weighted by atomic mass is 9.99. The molecule has 0 saturated carbocycles. The normalized spacial score (nSPS) is 13.2. The topological polar surface area (TPSA) is 12.9 Å². The van der Waals surface area contributed by atoms with E-state index in [9.17, 15) is 0 Å². The molecule has 0 N–H and O–H groups in total. The highest BCUT2D eigenvalue weighted by Crippen LogP contribution is 2.24. The number of nitrogens with zero attached hydrogens (tertiary/aromatic N) is 1. The first kappa shape index (κ1) is 13.5. The van der Waals surface area contributed by atoms with Crippen molar-refractivity contribution in [2.75, 3.05) is 0 Å². The van der Waals surface area contributed by atoms with Crippen molar-refractivity contribution < 1.29 is 0 Å². The van der Waals surface area contributed by atoms with Crippen molar-refractivity contribution >= 4 is 26.8 Å². The monoisotopic (exact) mass is 305 g/mol. The number of aryl methyl sites for hydroxylation is 1. The molecule has 0 fully saturated rings. The summed E-state index contributed by atoms with van der Waals surface area (Å²) in [6.07, 6.45) is 2.28. The SMILES string of the molecule is Cc1cc(CC(Br)CC(C)C)c2ccccc2n1. The number of benzene rings is 1. The summed E-state index contributed by atoms with van der Waals surface area (Å²) in [5.41, 5.74) is 3.62. The van der Waals surface area contributed by atoms with E-state index in [0.29, 0.717) is 4.83 Å². The highest BCUT2D eigenvalue weighted by molar-refractivity contribution is 9.09. The van der Waals surface area contributed by atoms with Gasteiger partial charge in [0.1, 0.15) is 0 Å². The lowest BCUT2D eigenvalue weighted by Crippen LogP contribution is -2.07. The molecule has 1 aromatic carbocycles. The summed E-state index contributed by atoms with van der Waals surface area (Å²) in [7, 11) is 0. The Labute approximate surface area is 118 Å². The minimum atomic E-state index is 0.544. The number of alkyl halides is 1. The second kappa shape index (κ2) is 5.83. The summed E-state index contributed by atoms with van der Waals surface area (Å²) in [6, 6.07) is 10.6. The van der Waals surface area contributed by atoms with Crippen LogP contribution in [0.25, 0.3) is 10.9 Å². The third kappa shape index (κ3) is 3.32. The molecule has 0 radical (unpaired) electrons. The predicted molar refractivity (Wildman–Crippen MR) is 82.4 cm³/mol. The summed E-state index contributed by atoms with van der Waals surface area (Å²) in [5.74, 6) is 0.726. The molecule has 2 rings (SSSR count). The maximum atomic E-state index is 4.59. The Morgan fingerprint density at radius 2 is 1.94 bits per heavy atom. The lowest BCUT2D eigenvalue weighted by Gasteiger charge is -2.14. The van der Waals surface area contributed by atoms with Gasteiger partial charge in [0.25, 0.3) is 0 Å². The Bertz CT molecular complexity index is 534. The van der Waals surface area contributed by atoms with Crippen molar-refractivity contribution in [2.24, 2.45) is 5.92 Å². The molecule has 2 aromatic rings. The molecule has 0 amide bonds. The minimum absolute atomic E-state index is 0.544. The van der Waals surface area contributed by atoms with Crippen molar-refractivity contribution in [2.45, 2.75) is 38.4 Å². The van der Waals surface area contributed by atoms with Crippen LogP contribution in [0.15, 0.2) is 30.3 Å². The minimum Gasteiger partial charge on any atom is -0.253 e. The molecular weight excluding hydrogens is 286 g/mol. The molecule has 1 atom stereocenters. The average Bonchev–Trinajstić information content (AvgIpc) is 2.27. The third-order valence-corrected chi connectivity index (χ3v) is 3.80. The quantitative estimate of drug-likeness (QED) is 0.732. The maximum absolute atomic E-state index is 4.59. The zero-order chi connectivity index (χ0) is 13.1. The number of hydrogen-bond donors (Lipinski definition) is 0. The van der Waals surface area contributed by atoms with Crippen molar-refractivity contribution in [1.82, 2.24) is 4.98 Å². The van der Waals surface area contributed by atoms with Gasteiger partial charge < -0.3 is 0 Å². The molecule has 0 aliphatic rings. The predicted octanol–water partition coefficient (Wildman–Crippen LogP) is 4.90. The number of aromatic nitrogens is 1. The van der Waals surface area contributed by atoms with E-state index in [4.69, 9.17) is 0 Å². The Balaban J connectivity index is 2.32. The second-order valence-corrected chi connectivity index (χ2v) is 6.67. The molecular formula is C16H20BrN. The van der Waals surface area contributed by atoms with Crippen molar-refractivity contribution in [3.63, 3.8) is 0 Å². The van der Waals surface area contributed by atoms with Crippen LogP contribution in [-0.2, 0) is 6.42 Å². The Hall–Kier alpha value is -0.890. The number of fused-ring (bicyclic) bond motifs is 1. The smallest absolute Gasteiger partial charge is 0.0707 e. The van der Waals surface area contributed by atoms with Crippen LogP contribution in [-0.4, -0.2) is 9.81 Å². The third-order valence-electron chi connectivity index (χ3n) is 3.10. The number of rotatable bonds is 4. The van der Waals surface area contributed by atoms with Gasteiger partial charge in [-0.1, -0.05) is 48.0 Å². The standard InChI is InChI=1S/C16H20BrN/c1-11(2)8-14(17)10-13-9-12(3)18-16-7-5-4-6-15(13)16/h4-7,9,11,14H,8,10H2,1-3H3. The van der Waals surface area contributed by atoms with Crippen LogP contribution in [0.1, 0.15) is 31.5 Å². The summed E-state index contributed by atoms with van der Waals surface area (Å²) in [6.45, 7) is 6.61. The van der Waals surface area contributed by atoms with Gasteiger partial charge in [0.05, 0.1) is 5.52 Å². The van der Waals surface area contributed by atoms with Gasteiger partial charge >= 0.3 is 0 Å². The van der Waals surface area contributed by atoms with E-state index < -0.39 is 0 Å². The molecule has 1 nitrogen and oxygen atoms in total. The molecule has 2 heteroatoms. The molecule has 1 unspecified atom stereocenters. The fourth-order valence-corrected chi connectivity index (χ4v) is 3.49. The van der Waals surface area contributed by atoms with E-state index in [0.717, 1.165) is 23.5 Å². The molecule has 1 heterocycles. The van der Waals surface area contributed by atoms with E-state index in [1.54, 1.807) is 0 Å². The molecule has 0 saturated heterocycles. The van der Waals surface area contributed by atoms with Gasteiger partial charge in [-0.25, -0.2) is 0 Å². The van der Waals surface area contributed by atoms with Crippen LogP contribution >= 0.6 is 15.9 Å². The molecule has 96 valence electrons. The van der Waals surface area contributed by atoms with E-state index in [1.807, 2.05) is 0 Å². The van der Waals surface area contributed by atoms with Gasteiger partial charge in [-0.15, -0.1) is 0 Å². The van der Waals surface area contributed by atoms with Gasteiger partial charge in [-0.2, -0.15) is 0 Å². The van der Waals surface area contributed by atoms with Crippen LogP contribution in [0.3, 0.4) is 0 Å². The zero-order valence-corrected chi connectivity index (χ0v) is 12.9. The number of halogens is 1. The Morgan fingerprint density at radius 1 is 1.22 bits per heavy atom. The maximum Gasteiger partial charge on any atom is 0.0707 e. The van der Waals surface area contributed by atoms with E-state index in [-0.39, 0.29) is 0 Å². The lowest BCUT2D eigenvalue weighted by molar-refractivity contribution is 0.571. The van der Waals surface area contributed by atoms with Crippen molar-refractivity contribution in [3.8, 4) is 0 Å². The van der Waals surface area contributed by atoms with Gasteiger partial charge in [-0.3, -0.25) is 4.98 Å². The van der Waals surface area contributed by atoms with Gasteiger partial charge in [0.15, 0.2) is 0 Å². The average molecular weight is 306 g/mol. The molecule has 0 aliphatic heterocycles. The summed E-state index contributed by atoms with van der Waals surface area (Å²) in [4.78, 5) is 5.13. The fourth-order valence-electron chi connectivity index (χ4n) is 2.40. The number of para-hydroxylation sites is 1. The summed E-state index contributed by atoms with van der Waals surface area (Å²) in [5, 5.41) is 1.29. The number of pyridine rings is 1. The first-order valence-corrected chi connectivity index (χ1v) is 7.47. The van der Waals surface area contributed by atoms with Crippen LogP contribution in [0.4, 0.5) is 0 Å². The Kier molecular flexibility index (Phi) is 4.39. The summed E-state index contributed by atoms with van der Waals surface area (Å²) >= 11 is 3.81. The summed E-state index contributed by atoms with van der Waals surface area (Å²) < 4.78 is 0. The van der Waals surface area contributed by atoms with Crippen molar-refractivity contribution in [3.05, 3.63) is 41.6 Å². The van der Waals surface area contributed by atoms with Gasteiger partial charge in [0.2, 0.25) is 0 Å². The molecule has 0 spiro atoms. The second-order valence-electron chi connectivity index (χ2n) is 5.37. The van der Waals surface area contributed by atoms with E-state index in [2.05, 4.69) is 72.0 Å². The highest BCUT2D eigenvalue weighted by Gasteiger charge is 2.11. The molecule has 1 aromatic heterocycles.